The van der Waals surface area contributed by atoms with Crippen LogP contribution >= 0.6 is 12.6 Å². The van der Waals surface area contributed by atoms with Crippen molar-refractivity contribution in [3.8, 4) is 5.75 Å². The Hall–Kier alpha value is -3.47. The van der Waals surface area contributed by atoms with Crippen LogP contribution in [0.15, 0.2) is 64.1 Å². The molecule has 0 aliphatic carbocycles. The van der Waals surface area contributed by atoms with E-state index in [1.54, 1.807) is 6.07 Å². The number of hydrogen-bond acceptors (Lipinski definition) is 8. The van der Waals surface area contributed by atoms with Gasteiger partial charge in [0.25, 0.3) is 0 Å². The molecular formula is C29H37N5O4S. The number of carbonyl (C=O) groups is 1. The Bertz CT molecular complexity index is 1280. The van der Waals surface area contributed by atoms with Gasteiger partial charge in [0.15, 0.2) is 5.82 Å². The fourth-order valence-corrected chi connectivity index (χ4v) is 4.16. The van der Waals surface area contributed by atoms with Crippen LogP contribution in [0.3, 0.4) is 0 Å². The molecule has 10 heteroatoms. The average molecular weight is 552 g/mol. The molecule has 0 radical (unpaired) electrons. The fraction of sp³-hybridized carbons (Fsp3) is 0.379. The van der Waals surface area contributed by atoms with Crippen LogP contribution in [0.4, 0.5) is 22.0 Å². The van der Waals surface area contributed by atoms with Crippen molar-refractivity contribution in [1.29, 1.82) is 0 Å². The Kier molecular flexibility index (Phi) is 9.55. The average Bonchev–Trinajstić information content (AvgIpc) is 3.38. The predicted octanol–water partition coefficient (Wildman–Crippen LogP) is 6.09. The Morgan fingerprint density at radius 3 is 2.51 bits per heavy atom. The molecule has 1 fully saturated rings. The number of rotatable bonds is 9. The molecule has 9 nitrogen and oxygen atoms in total. The van der Waals surface area contributed by atoms with E-state index in [-0.39, 0.29) is 11.4 Å². The first-order valence-corrected chi connectivity index (χ1v) is 13.5. The fourth-order valence-electron chi connectivity index (χ4n) is 3.89. The second kappa shape index (κ2) is 13.1. The zero-order valence-electron chi connectivity index (χ0n) is 22.9. The van der Waals surface area contributed by atoms with Crippen molar-refractivity contribution >= 4 is 41.4 Å². The standard InChI is InChI=1S/C29H37N5O4S/c1-20(19-30-24-10-9-23(17-25(24)39)37-16-13-34-11-14-36-15-12-34)21-5-7-22(8-6-21)31-28(35)32-27-18-26(38-33-27)29(2,3)4/h5-10,17-19,30,39H,11-16H2,1-4H3,(H2,31,32,33,35)/b20-19+. The summed E-state index contributed by atoms with van der Waals surface area (Å²) in [6.07, 6.45) is 1.93. The van der Waals surface area contributed by atoms with Crippen molar-refractivity contribution in [2.75, 3.05) is 55.4 Å². The van der Waals surface area contributed by atoms with Gasteiger partial charge in [0.05, 0.1) is 18.9 Å². The third kappa shape index (κ3) is 8.51. The molecule has 3 aromatic rings. The number of morpholine rings is 1. The van der Waals surface area contributed by atoms with E-state index in [9.17, 15) is 4.79 Å². The summed E-state index contributed by atoms with van der Waals surface area (Å²) in [4.78, 5) is 15.5. The van der Waals surface area contributed by atoms with Gasteiger partial charge in [-0.2, -0.15) is 0 Å². The monoisotopic (exact) mass is 551 g/mol. The first-order valence-electron chi connectivity index (χ1n) is 13.0. The molecule has 2 heterocycles. The van der Waals surface area contributed by atoms with Gasteiger partial charge in [0.2, 0.25) is 0 Å². The van der Waals surface area contributed by atoms with E-state index in [0.29, 0.717) is 23.9 Å². The maximum Gasteiger partial charge on any atom is 0.324 e. The largest absolute Gasteiger partial charge is 0.492 e. The number of aromatic nitrogens is 1. The minimum Gasteiger partial charge on any atom is -0.492 e. The van der Waals surface area contributed by atoms with E-state index in [1.807, 2.05) is 76.4 Å². The summed E-state index contributed by atoms with van der Waals surface area (Å²) >= 11 is 4.62. The Morgan fingerprint density at radius 2 is 1.85 bits per heavy atom. The zero-order valence-corrected chi connectivity index (χ0v) is 23.8. The normalized spacial score (nSPS) is 14.6. The molecule has 4 rings (SSSR count). The van der Waals surface area contributed by atoms with E-state index in [0.717, 1.165) is 60.3 Å². The summed E-state index contributed by atoms with van der Waals surface area (Å²) in [5, 5.41) is 12.7. The number of urea groups is 1. The lowest BCUT2D eigenvalue weighted by Crippen LogP contribution is -2.38. The molecular weight excluding hydrogens is 514 g/mol. The van der Waals surface area contributed by atoms with Crippen molar-refractivity contribution < 1.29 is 18.8 Å². The van der Waals surface area contributed by atoms with Gasteiger partial charge in [-0.15, -0.1) is 12.6 Å². The van der Waals surface area contributed by atoms with Gasteiger partial charge >= 0.3 is 6.03 Å². The van der Waals surface area contributed by atoms with Gasteiger partial charge in [-0.05, 0) is 48.4 Å². The number of benzene rings is 2. The highest BCUT2D eigenvalue weighted by atomic mass is 32.1. The van der Waals surface area contributed by atoms with Crippen molar-refractivity contribution in [2.45, 2.75) is 38.0 Å². The molecule has 0 unspecified atom stereocenters. The van der Waals surface area contributed by atoms with E-state index in [2.05, 4.69) is 38.6 Å². The number of thiol groups is 1. The highest BCUT2D eigenvalue weighted by Gasteiger charge is 2.20. The Balaban J connectivity index is 1.26. The maximum absolute atomic E-state index is 12.4. The quantitative estimate of drug-likeness (QED) is 0.239. The molecule has 208 valence electrons. The van der Waals surface area contributed by atoms with Crippen molar-refractivity contribution in [3.05, 3.63) is 66.1 Å². The minimum absolute atomic E-state index is 0.186. The summed E-state index contributed by atoms with van der Waals surface area (Å²) in [5.41, 5.74) is 3.41. The van der Waals surface area contributed by atoms with E-state index >= 15 is 0 Å². The molecule has 1 saturated heterocycles. The number of nitrogens with one attached hydrogen (secondary N) is 3. The second-order valence-electron chi connectivity index (χ2n) is 10.4. The lowest BCUT2D eigenvalue weighted by Gasteiger charge is -2.26. The summed E-state index contributed by atoms with van der Waals surface area (Å²) in [5.74, 6) is 1.87. The number of anilines is 3. The van der Waals surface area contributed by atoms with E-state index in [1.165, 1.54) is 0 Å². The van der Waals surface area contributed by atoms with Gasteiger partial charge < -0.3 is 24.6 Å². The molecule has 1 aliphatic heterocycles. The summed E-state index contributed by atoms with van der Waals surface area (Å²) in [7, 11) is 0. The second-order valence-corrected chi connectivity index (χ2v) is 10.9. The third-order valence-corrected chi connectivity index (χ3v) is 6.65. The van der Waals surface area contributed by atoms with Crippen LogP contribution in [0.25, 0.3) is 5.57 Å². The summed E-state index contributed by atoms with van der Waals surface area (Å²) < 4.78 is 16.6. The summed E-state index contributed by atoms with van der Waals surface area (Å²) in [6, 6.07) is 14.8. The summed E-state index contributed by atoms with van der Waals surface area (Å²) in [6.45, 7) is 13.1. The Labute approximate surface area is 235 Å². The minimum atomic E-state index is -0.389. The molecule has 0 saturated carbocycles. The van der Waals surface area contributed by atoms with Crippen LogP contribution in [0.2, 0.25) is 0 Å². The van der Waals surface area contributed by atoms with Gasteiger partial charge in [0, 0.05) is 47.9 Å². The first kappa shape index (κ1) is 28.5. The third-order valence-electron chi connectivity index (χ3n) is 6.28. The molecule has 1 aromatic heterocycles. The SMILES string of the molecule is C/C(=C\Nc1ccc(OCCN2CCOCC2)cc1S)c1ccc(NC(=O)Nc2cc(C(C)(C)C)on2)cc1. The van der Waals surface area contributed by atoms with Gasteiger partial charge in [-0.1, -0.05) is 38.1 Å². The van der Waals surface area contributed by atoms with E-state index < -0.39 is 0 Å². The van der Waals surface area contributed by atoms with Crippen molar-refractivity contribution in [3.63, 3.8) is 0 Å². The molecule has 1 aliphatic rings. The number of amides is 2. The number of carbonyl (C=O) groups excluding carboxylic acids is 1. The number of allylic oxidation sites excluding steroid dienone is 1. The molecule has 2 amide bonds. The molecule has 0 spiro atoms. The van der Waals surface area contributed by atoms with Crippen LogP contribution < -0.4 is 20.7 Å². The van der Waals surface area contributed by atoms with Crippen LogP contribution in [0.1, 0.15) is 39.0 Å². The van der Waals surface area contributed by atoms with Crippen LogP contribution in [0, 0.1) is 0 Å². The first-order chi connectivity index (χ1) is 18.7. The topological polar surface area (TPSA) is 101 Å². The zero-order chi connectivity index (χ0) is 27.8. The highest BCUT2D eigenvalue weighted by molar-refractivity contribution is 7.80. The molecule has 0 atom stereocenters. The smallest absolute Gasteiger partial charge is 0.324 e. The van der Waals surface area contributed by atoms with Crippen LogP contribution in [-0.4, -0.2) is 55.5 Å². The highest BCUT2D eigenvalue weighted by Crippen LogP contribution is 2.27. The van der Waals surface area contributed by atoms with Gasteiger partial charge in [-0.3, -0.25) is 10.2 Å². The lowest BCUT2D eigenvalue weighted by atomic mass is 9.93. The molecule has 0 bridgehead atoms. The number of nitrogens with zero attached hydrogens (tertiary/aromatic N) is 2. The van der Waals surface area contributed by atoms with Crippen molar-refractivity contribution in [2.24, 2.45) is 0 Å². The number of ether oxygens (including phenoxy) is 2. The van der Waals surface area contributed by atoms with Crippen LogP contribution in [-0.2, 0) is 10.2 Å². The van der Waals surface area contributed by atoms with Crippen LogP contribution in [0.5, 0.6) is 5.75 Å². The lowest BCUT2D eigenvalue weighted by molar-refractivity contribution is 0.0322. The van der Waals surface area contributed by atoms with Gasteiger partial charge in [0.1, 0.15) is 18.1 Å². The van der Waals surface area contributed by atoms with E-state index in [4.69, 9.17) is 14.0 Å². The molecule has 2 aromatic carbocycles. The predicted molar refractivity (Wildman–Crippen MR) is 158 cm³/mol. The Morgan fingerprint density at radius 1 is 1.10 bits per heavy atom. The molecule has 39 heavy (non-hydrogen) atoms. The maximum atomic E-state index is 12.4. The number of hydrogen-bond donors (Lipinski definition) is 4. The molecule has 3 N–H and O–H groups in total. The van der Waals surface area contributed by atoms with Crippen molar-refractivity contribution in [1.82, 2.24) is 10.1 Å². The van der Waals surface area contributed by atoms with Gasteiger partial charge in [-0.25, -0.2) is 4.79 Å².